The average Bonchev–Trinajstić information content (AvgIpc) is 3.06. The largest absolute Gasteiger partial charge is 0.457 e. The van der Waals surface area contributed by atoms with Gasteiger partial charge in [0.2, 0.25) is 0 Å². The Morgan fingerprint density at radius 3 is 2.76 bits per heavy atom. The van der Waals surface area contributed by atoms with Crippen LogP contribution in [0.3, 0.4) is 0 Å². The molecule has 3 aromatic rings. The Morgan fingerprint density at radius 1 is 1.24 bits per heavy atom. The molecule has 1 aromatic carbocycles. The van der Waals surface area contributed by atoms with Crippen LogP contribution in [0, 0.1) is 5.82 Å². The van der Waals surface area contributed by atoms with Crippen molar-refractivity contribution in [1.29, 1.82) is 0 Å². The third kappa shape index (κ3) is 3.74. The molecule has 0 amide bonds. The van der Waals surface area contributed by atoms with E-state index in [1.54, 1.807) is 23.0 Å². The summed E-state index contributed by atoms with van der Waals surface area (Å²) in [5.41, 5.74) is 1.71. The highest BCUT2D eigenvalue weighted by atomic mass is 19.1. The van der Waals surface area contributed by atoms with Gasteiger partial charge in [-0.25, -0.2) is 18.9 Å². The van der Waals surface area contributed by atoms with Crippen LogP contribution in [0.25, 0.3) is 5.82 Å². The molecule has 0 radical (unpaired) electrons. The van der Waals surface area contributed by atoms with E-state index >= 15 is 0 Å². The van der Waals surface area contributed by atoms with Gasteiger partial charge in [0, 0.05) is 6.20 Å². The van der Waals surface area contributed by atoms with Gasteiger partial charge in [-0.05, 0) is 35.7 Å². The van der Waals surface area contributed by atoms with Crippen molar-refractivity contribution >= 4 is 5.97 Å². The van der Waals surface area contributed by atoms with Crippen LogP contribution in [0.1, 0.15) is 41.4 Å². The number of carbonyl (C=O) groups excluding carboxylic acids is 1. The van der Waals surface area contributed by atoms with Gasteiger partial charge >= 0.3 is 5.97 Å². The summed E-state index contributed by atoms with van der Waals surface area (Å²) >= 11 is 0. The van der Waals surface area contributed by atoms with E-state index in [-0.39, 0.29) is 18.3 Å². The van der Waals surface area contributed by atoms with Crippen LogP contribution in [0.4, 0.5) is 4.39 Å². The summed E-state index contributed by atoms with van der Waals surface area (Å²) in [7, 11) is 0. The molecule has 0 atom stereocenters. The topological polar surface area (TPSA) is 57.0 Å². The number of carbonyl (C=O) groups is 1. The molecule has 5 nitrogen and oxygen atoms in total. The fraction of sp³-hybridized carbons (Fsp3) is 0.211. The number of ether oxygens (including phenoxy) is 1. The van der Waals surface area contributed by atoms with E-state index in [9.17, 15) is 9.18 Å². The molecule has 0 aliphatic heterocycles. The molecule has 0 spiro atoms. The van der Waals surface area contributed by atoms with Crippen molar-refractivity contribution in [2.45, 2.75) is 26.4 Å². The molecule has 2 aromatic heterocycles. The molecule has 0 N–H and O–H groups in total. The van der Waals surface area contributed by atoms with Crippen molar-refractivity contribution in [1.82, 2.24) is 14.8 Å². The third-order valence-corrected chi connectivity index (χ3v) is 3.70. The van der Waals surface area contributed by atoms with Gasteiger partial charge in [0.15, 0.2) is 5.82 Å². The monoisotopic (exact) mass is 339 g/mol. The Bertz CT molecular complexity index is 875. The minimum absolute atomic E-state index is 0.00287. The second-order valence-electron chi connectivity index (χ2n) is 5.90. The maximum absolute atomic E-state index is 13.2. The zero-order chi connectivity index (χ0) is 17.8. The summed E-state index contributed by atoms with van der Waals surface area (Å²) in [4.78, 5) is 16.8. The van der Waals surface area contributed by atoms with Crippen molar-refractivity contribution in [3.8, 4) is 5.82 Å². The van der Waals surface area contributed by atoms with E-state index in [0.29, 0.717) is 16.9 Å². The smallest absolute Gasteiger partial charge is 0.341 e. The molecule has 0 saturated heterocycles. The molecule has 128 valence electrons. The van der Waals surface area contributed by atoms with E-state index in [0.717, 1.165) is 5.69 Å². The van der Waals surface area contributed by atoms with Crippen molar-refractivity contribution in [2.24, 2.45) is 0 Å². The zero-order valence-electron chi connectivity index (χ0n) is 14.0. The molecule has 0 fully saturated rings. The summed E-state index contributed by atoms with van der Waals surface area (Å²) in [6.45, 7) is 3.95. The number of nitrogens with zero attached hydrogens (tertiary/aromatic N) is 3. The molecule has 0 unspecified atom stereocenters. The van der Waals surface area contributed by atoms with E-state index in [1.807, 2.05) is 32.0 Å². The molecule has 3 rings (SSSR count). The number of hydrogen-bond acceptors (Lipinski definition) is 4. The van der Waals surface area contributed by atoms with E-state index in [1.165, 1.54) is 18.3 Å². The maximum Gasteiger partial charge on any atom is 0.341 e. The Hall–Kier alpha value is -3.02. The highest BCUT2D eigenvalue weighted by Gasteiger charge is 2.22. The number of halogens is 1. The standard InChI is InChI=1S/C19H18FN3O2/c1-13(2)18-16(11-22-23(18)17-8-3-4-9-21-17)19(24)25-12-14-6-5-7-15(20)10-14/h3-11,13H,12H2,1-2H3. The Balaban J connectivity index is 1.84. The molecule has 2 heterocycles. The average molecular weight is 339 g/mol. The Morgan fingerprint density at radius 2 is 2.08 bits per heavy atom. The van der Waals surface area contributed by atoms with Crippen LogP contribution >= 0.6 is 0 Å². The summed E-state index contributed by atoms with van der Waals surface area (Å²) < 4.78 is 20.2. The lowest BCUT2D eigenvalue weighted by atomic mass is 10.1. The molecular weight excluding hydrogens is 321 g/mol. The van der Waals surface area contributed by atoms with E-state index in [2.05, 4.69) is 10.1 Å². The van der Waals surface area contributed by atoms with Crippen LogP contribution < -0.4 is 0 Å². The van der Waals surface area contributed by atoms with E-state index < -0.39 is 5.97 Å². The normalized spacial score (nSPS) is 10.9. The number of rotatable bonds is 5. The predicted octanol–water partition coefficient (Wildman–Crippen LogP) is 3.89. The first-order chi connectivity index (χ1) is 12.1. The third-order valence-electron chi connectivity index (χ3n) is 3.70. The van der Waals surface area contributed by atoms with Gasteiger partial charge in [-0.15, -0.1) is 0 Å². The summed E-state index contributed by atoms with van der Waals surface area (Å²) in [5, 5.41) is 4.29. The Labute approximate surface area is 145 Å². The number of benzene rings is 1. The van der Waals surface area contributed by atoms with Gasteiger partial charge in [0.1, 0.15) is 18.0 Å². The van der Waals surface area contributed by atoms with Gasteiger partial charge in [0.25, 0.3) is 0 Å². The van der Waals surface area contributed by atoms with Gasteiger partial charge in [-0.1, -0.05) is 32.0 Å². The first kappa shape index (κ1) is 16.8. The number of esters is 1. The van der Waals surface area contributed by atoms with Crippen LogP contribution in [0.5, 0.6) is 0 Å². The zero-order valence-corrected chi connectivity index (χ0v) is 14.0. The lowest BCUT2D eigenvalue weighted by molar-refractivity contribution is 0.0470. The van der Waals surface area contributed by atoms with Crippen molar-refractivity contribution in [3.05, 3.63) is 77.5 Å². The quantitative estimate of drug-likeness (QED) is 0.662. The maximum atomic E-state index is 13.2. The highest BCUT2D eigenvalue weighted by molar-refractivity contribution is 5.90. The van der Waals surface area contributed by atoms with Crippen LogP contribution in [-0.2, 0) is 11.3 Å². The molecule has 0 bridgehead atoms. The summed E-state index contributed by atoms with van der Waals surface area (Å²) in [6.07, 6.45) is 3.15. The minimum atomic E-state index is -0.491. The van der Waals surface area contributed by atoms with Crippen LogP contribution in [0.15, 0.2) is 54.9 Å². The molecular formula is C19H18FN3O2. The second-order valence-corrected chi connectivity index (χ2v) is 5.90. The van der Waals surface area contributed by atoms with E-state index in [4.69, 9.17) is 4.74 Å². The summed E-state index contributed by atoms with van der Waals surface area (Å²) in [6, 6.07) is 11.5. The van der Waals surface area contributed by atoms with Gasteiger partial charge in [0.05, 0.1) is 11.9 Å². The fourth-order valence-corrected chi connectivity index (χ4v) is 2.59. The lowest BCUT2D eigenvalue weighted by Gasteiger charge is -2.12. The first-order valence-corrected chi connectivity index (χ1v) is 7.97. The Kier molecular flexibility index (Phi) is 4.88. The van der Waals surface area contributed by atoms with Crippen molar-refractivity contribution in [3.63, 3.8) is 0 Å². The van der Waals surface area contributed by atoms with Crippen LogP contribution in [0.2, 0.25) is 0 Å². The number of aromatic nitrogens is 3. The minimum Gasteiger partial charge on any atom is -0.457 e. The van der Waals surface area contributed by atoms with Gasteiger partial charge in [-0.2, -0.15) is 5.10 Å². The van der Waals surface area contributed by atoms with Crippen LogP contribution in [-0.4, -0.2) is 20.7 Å². The molecule has 0 aliphatic rings. The molecule has 25 heavy (non-hydrogen) atoms. The second kappa shape index (κ2) is 7.25. The summed E-state index contributed by atoms with van der Waals surface area (Å²) in [5.74, 6) is -0.175. The van der Waals surface area contributed by atoms with Gasteiger partial charge < -0.3 is 4.74 Å². The predicted molar refractivity (Wildman–Crippen MR) is 91.0 cm³/mol. The molecule has 6 heteroatoms. The lowest BCUT2D eigenvalue weighted by Crippen LogP contribution is -2.11. The van der Waals surface area contributed by atoms with Gasteiger partial charge in [-0.3, -0.25) is 0 Å². The highest BCUT2D eigenvalue weighted by Crippen LogP contribution is 2.23. The molecule has 0 aliphatic carbocycles. The SMILES string of the molecule is CC(C)c1c(C(=O)OCc2cccc(F)c2)cnn1-c1ccccn1. The van der Waals surface area contributed by atoms with Crippen molar-refractivity contribution < 1.29 is 13.9 Å². The fourth-order valence-electron chi connectivity index (χ4n) is 2.59. The number of hydrogen-bond donors (Lipinski definition) is 0. The number of pyridine rings is 1. The molecule has 0 saturated carbocycles. The van der Waals surface area contributed by atoms with Crippen molar-refractivity contribution in [2.75, 3.05) is 0 Å². The first-order valence-electron chi connectivity index (χ1n) is 7.97.